The highest BCUT2D eigenvalue weighted by Crippen LogP contribution is 2.65. The lowest BCUT2D eigenvalue weighted by atomic mass is 9.63. The minimum Gasteiger partial charge on any atom is -0.421 e. The minimum atomic E-state index is -0.657. The Morgan fingerprint density at radius 3 is 2.25 bits per heavy atom. The molecule has 178 valence electrons. The summed E-state index contributed by atoms with van der Waals surface area (Å²) in [4.78, 5) is 53.7. The van der Waals surface area contributed by atoms with Crippen molar-refractivity contribution in [3.05, 3.63) is 83.9 Å². The number of rotatable bonds is 4. The summed E-state index contributed by atoms with van der Waals surface area (Å²) in [6, 6.07) is 17.3. The molecule has 0 radical (unpaired) electrons. The highest BCUT2D eigenvalue weighted by Gasteiger charge is 2.67. The number of anilines is 1. The van der Waals surface area contributed by atoms with Crippen LogP contribution in [0.15, 0.2) is 72.8 Å². The molecular formula is C30H23NO5. The fourth-order valence-electron chi connectivity index (χ4n) is 6.77. The Kier molecular flexibility index (Phi) is 4.41. The Balaban J connectivity index is 1.21. The zero-order valence-electron chi connectivity index (χ0n) is 19.6. The quantitative estimate of drug-likeness (QED) is 0.177. The van der Waals surface area contributed by atoms with Gasteiger partial charge in [0.15, 0.2) is 5.78 Å². The number of allylic oxidation sites excluding steroid dienone is 2. The number of benzene rings is 3. The third kappa shape index (κ3) is 2.90. The van der Waals surface area contributed by atoms with Crippen LogP contribution in [0.5, 0.6) is 5.75 Å². The summed E-state index contributed by atoms with van der Waals surface area (Å²) in [5.74, 6) is -0.303. The van der Waals surface area contributed by atoms with Gasteiger partial charge in [0.25, 0.3) is 0 Å². The minimum absolute atomic E-state index is 0.135. The summed E-state index contributed by atoms with van der Waals surface area (Å²) in [5.41, 5.74) is 0.898. The Morgan fingerprint density at radius 2 is 1.56 bits per heavy atom. The number of imide groups is 1. The van der Waals surface area contributed by atoms with Crippen LogP contribution in [-0.4, -0.2) is 23.6 Å². The Labute approximate surface area is 207 Å². The van der Waals surface area contributed by atoms with Gasteiger partial charge in [-0.25, -0.2) is 9.69 Å². The summed E-state index contributed by atoms with van der Waals surface area (Å²) >= 11 is 0. The summed E-state index contributed by atoms with van der Waals surface area (Å²) in [6.45, 7) is 1.43. The molecule has 0 spiro atoms. The second-order valence-electron chi connectivity index (χ2n) is 10.3. The molecule has 2 amide bonds. The van der Waals surface area contributed by atoms with Crippen LogP contribution in [-0.2, 0) is 9.59 Å². The van der Waals surface area contributed by atoms with Crippen molar-refractivity contribution in [2.75, 3.05) is 4.90 Å². The molecule has 3 aromatic rings. The normalized spacial score (nSPS) is 29.3. The van der Waals surface area contributed by atoms with Crippen LogP contribution in [0.1, 0.15) is 34.1 Å². The molecule has 5 aliphatic rings. The van der Waals surface area contributed by atoms with Crippen molar-refractivity contribution in [2.24, 2.45) is 35.5 Å². The van der Waals surface area contributed by atoms with Crippen LogP contribution in [0.25, 0.3) is 10.8 Å². The molecule has 2 saturated carbocycles. The Morgan fingerprint density at radius 1 is 0.861 bits per heavy atom. The molecule has 3 fully saturated rings. The molecule has 1 heterocycles. The van der Waals surface area contributed by atoms with E-state index in [4.69, 9.17) is 4.74 Å². The SMILES string of the molecule is CC(=O)c1ccc2ccccc2c1OC(=O)c1cccc(N2C(=O)C3C4C=CC(C5CC45)C3C2=O)c1. The summed E-state index contributed by atoms with van der Waals surface area (Å²) in [7, 11) is 0. The Hall–Kier alpha value is -4.06. The van der Waals surface area contributed by atoms with Crippen molar-refractivity contribution in [2.45, 2.75) is 13.3 Å². The molecule has 2 bridgehead atoms. The maximum absolute atomic E-state index is 13.5. The number of hydrogen-bond acceptors (Lipinski definition) is 5. The van der Waals surface area contributed by atoms with E-state index in [9.17, 15) is 19.2 Å². The average molecular weight is 478 g/mol. The average Bonchev–Trinajstić information content (AvgIpc) is 3.67. The number of nitrogens with zero attached hydrogens (tertiary/aromatic N) is 1. The van der Waals surface area contributed by atoms with Crippen molar-refractivity contribution in [1.29, 1.82) is 0 Å². The molecule has 6 unspecified atom stereocenters. The van der Waals surface area contributed by atoms with Crippen molar-refractivity contribution in [3.8, 4) is 5.75 Å². The predicted molar refractivity (Wildman–Crippen MR) is 133 cm³/mol. The second-order valence-corrected chi connectivity index (χ2v) is 10.3. The van der Waals surface area contributed by atoms with Gasteiger partial charge in [-0.2, -0.15) is 0 Å². The lowest BCUT2D eigenvalue weighted by Gasteiger charge is -2.37. The third-order valence-corrected chi connectivity index (χ3v) is 8.46. The van der Waals surface area contributed by atoms with E-state index in [1.54, 1.807) is 30.3 Å². The van der Waals surface area contributed by atoms with Crippen LogP contribution in [0, 0.1) is 35.5 Å². The topological polar surface area (TPSA) is 80.8 Å². The van der Waals surface area contributed by atoms with Crippen LogP contribution < -0.4 is 9.64 Å². The number of esters is 1. The van der Waals surface area contributed by atoms with Crippen LogP contribution >= 0.6 is 0 Å². The number of carbonyl (C=O) groups excluding carboxylic acids is 4. The first-order chi connectivity index (χ1) is 17.4. The molecule has 0 N–H and O–H groups in total. The van der Waals surface area contributed by atoms with Gasteiger partial charge in [-0.1, -0.05) is 48.6 Å². The van der Waals surface area contributed by atoms with Gasteiger partial charge in [-0.3, -0.25) is 14.4 Å². The van der Waals surface area contributed by atoms with E-state index in [0.717, 1.165) is 11.8 Å². The third-order valence-electron chi connectivity index (χ3n) is 8.46. The maximum Gasteiger partial charge on any atom is 0.343 e. The fraction of sp³-hybridized carbons (Fsp3) is 0.267. The van der Waals surface area contributed by atoms with E-state index in [1.807, 2.05) is 24.3 Å². The van der Waals surface area contributed by atoms with Gasteiger partial charge >= 0.3 is 5.97 Å². The van der Waals surface area contributed by atoms with Crippen molar-refractivity contribution in [3.63, 3.8) is 0 Å². The zero-order valence-corrected chi connectivity index (χ0v) is 19.6. The van der Waals surface area contributed by atoms with Gasteiger partial charge in [-0.15, -0.1) is 0 Å². The van der Waals surface area contributed by atoms with Gasteiger partial charge in [-0.05, 0) is 66.7 Å². The highest BCUT2D eigenvalue weighted by atomic mass is 16.5. The number of ketones is 1. The summed E-state index contributed by atoms with van der Waals surface area (Å²) in [5, 5.41) is 1.50. The van der Waals surface area contributed by atoms with E-state index in [-0.39, 0.29) is 52.6 Å². The number of Topliss-reactive ketones (excluding diaryl/α,β-unsaturated/α-hetero) is 1. The molecule has 1 saturated heterocycles. The first-order valence-electron chi connectivity index (χ1n) is 12.3. The fourth-order valence-corrected chi connectivity index (χ4v) is 6.77. The molecule has 8 rings (SSSR count). The van der Waals surface area contributed by atoms with Crippen molar-refractivity contribution < 1.29 is 23.9 Å². The van der Waals surface area contributed by atoms with E-state index in [1.165, 1.54) is 17.9 Å². The molecule has 6 atom stereocenters. The lowest BCUT2D eigenvalue weighted by Crippen LogP contribution is -2.40. The number of ether oxygens (including phenoxy) is 1. The lowest BCUT2D eigenvalue weighted by molar-refractivity contribution is -0.124. The molecule has 0 aromatic heterocycles. The van der Waals surface area contributed by atoms with Gasteiger partial charge in [0.05, 0.1) is 28.7 Å². The maximum atomic E-state index is 13.5. The van der Waals surface area contributed by atoms with Gasteiger partial charge < -0.3 is 4.74 Å². The Bertz CT molecular complexity index is 1500. The smallest absolute Gasteiger partial charge is 0.343 e. The molecular weight excluding hydrogens is 454 g/mol. The molecule has 3 aromatic carbocycles. The van der Waals surface area contributed by atoms with Gasteiger partial charge in [0, 0.05) is 5.39 Å². The standard InChI is InChI=1S/C30H23NO5/c1-15(32)19-10-9-16-5-2-3-8-20(16)27(19)36-30(35)17-6-4-7-18(13-17)31-28(33)25-21-11-12-22(24-14-23(21)24)26(25)29(31)34/h2-13,21-26H,14H2,1H3. The van der Waals surface area contributed by atoms with Crippen LogP contribution in [0.2, 0.25) is 0 Å². The largest absolute Gasteiger partial charge is 0.421 e. The van der Waals surface area contributed by atoms with Crippen LogP contribution in [0.4, 0.5) is 5.69 Å². The van der Waals surface area contributed by atoms with Crippen molar-refractivity contribution >= 4 is 40.0 Å². The molecule has 1 aliphatic heterocycles. The summed E-state index contributed by atoms with van der Waals surface area (Å²) < 4.78 is 5.78. The monoisotopic (exact) mass is 477 g/mol. The number of fused-ring (bicyclic) bond motifs is 1. The molecule has 6 nitrogen and oxygen atoms in total. The van der Waals surface area contributed by atoms with Gasteiger partial charge in [0.1, 0.15) is 5.75 Å². The van der Waals surface area contributed by atoms with Gasteiger partial charge in [0.2, 0.25) is 11.8 Å². The molecule has 36 heavy (non-hydrogen) atoms. The van der Waals surface area contributed by atoms with E-state index >= 15 is 0 Å². The van der Waals surface area contributed by atoms with Crippen molar-refractivity contribution in [1.82, 2.24) is 0 Å². The first-order valence-corrected chi connectivity index (χ1v) is 12.3. The second kappa shape index (κ2) is 7.47. The number of carbonyl (C=O) groups is 4. The van der Waals surface area contributed by atoms with E-state index in [0.29, 0.717) is 28.5 Å². The molecule has 6 heteroatoms. The highest BCUT2D eigenvalue weighted by molar-refractivity contribution is 6.23. The summed E-state index contributed by atoms with van der Waals surface area (Å²) in [6.07, 6.45) is 5.38. The first kappa shape index (κ1) is 21.2. The molecule has 4 aliphatic carbocycles. The van der Waals surface area contributed by atoms with E-state index in [2.05, 4.69) is 12.2 Å². The van der Waals surface area contributed by atoms with Crippen LogP contribution in [0.3, 0.4) is 0 Å². The van der Waals surface area contributed by atoms with E-state index < -0.39 is 5.97 Å². The number of amides is 2. The zero-order chi connectivity index (χ0) is 24.7. The number of hydrogen-bond donors (Lipinski definition) is 0. The predicted octanol–water partition coefficient (Wildman–Crippen LogP) is 4.82.